The van der Waals surface area contributed by atoms with Crippen molar-refractivity contribution in [3.8, 4) is 0 Å². The number of carboxylic acid groups (broad SMARTS) is 1. The number of carbonyl (C=O) groups is 3. The first kappa shape index (κ1) is 25.4. The van der Waals surface area contributed by atoms with Crippen molar-refractivity contribution < 1.29 is 19.5 Å². The molecule has 176 valence electrons. The van der Waals surface area contributed by atoms with Gasteiger partial charge in [-0.25, -0.2) is 4.79 Å². The number of carboxylic acids is 1. The molecular weight excluding hydrogens is 436 g/mol. The lowest BCUT2D eigenvalue weighted by Gasteiger charge is -2.33. The molecule has 3 atom stereocenters. The molecule has 32 heavy (non-hydrogen) atoms. The molecule has 2 amide bonds. The summed E-state index contributed by atoms with van der Waals surface area (Å²) in [6.45, 7) is 0.680. The number of hydrogen-bond donors (Lipinski definition) is 5. The Labute approximate surface area is 192 Å². The molecule has 10 nitrogen and oxygen atoms in total. The van der Waals surface area contributed by atoms with Gasteiger partial charge < -0.3 is 31.7 Å². The number of halogens is 1. The van der Waals surface area contributed by atoms with Crippen LogP contribution in [0.15, 0.2) is 30.3 Å². The number of amides is 2. The zero-order chi connectivity index (χ0) is 23.7. The van der Waals surface area contributed by atoms with E-state index in [1.54, 1.807) is 0 Å². The fraction of sp³-hybridized carbons (Fsp3) is 0.524. The van der Waals surface area contributed by atoms with Crippen LogP contribution < -0.4 is 16.8 Å². The van der Waals surface area contributed by atoms with Crippen molar-refractivity contribution in [3.05, 3.63) is 35.9 Å². The van der Waals surface area contributed by atoms with Crippen LogP contribution in [0.25, 0.3) is 0 Å². The van der Waals surface area contributed by atoms with E-state index in [-0.39, 0.29) is 24.3 Å². The monoisotopic (exact) mass is 466 g/mol. The molecule has 1 aromatic carbocycles. The van der Waals surface area contributed by atoms with Crippen molar-refractivity contribution in [2.45, 2.75) is 50.2 Å². The molecule has 0 spiro atoms. The number of nitrogens with one attached hydrogen (secondary N) is 2. The highest BCUT2D eigenvalue weighted by atomic mass is 35.5. The van der Waals surface area contributed by atoms with E-state index in [0.717, 1.165) is 10.5 Å². The number of carbonyl (C=O) groups excluding carboxylic acids is 2. The van der Waals surface area contributed by atoms with Crippen LogP contribution in [0.2, 0.25) is 0 Å². The third-order valence-electron chi connectivity index (χ3n) is 5.48. The Balaban J connectivity index is 2.07. The summed E-state index contributed by atoms with van der Waals surface area (Å²) in [5.41, 5.74) is 12.3. The average molecular weight is 467 g/mol. The molecule has 1 fully saturated rings. The van der Waals surface area contributed by atoms with Crippen LogP contribution in [0.5, 0.6) is 0 Å². The summed E-state index contributed by atoms with van der Waals surface area (Å²) in [7, 11) is 0. The van der Waals surface area contributed by atoms with Crippen LogP contribution in [-0.2, 0) is 20.8 Å². The van der Waals surface area contributed by atoms with Gasteiger partial charge in [0.1, 0.15) is 12.1 Å². The maximum absolute atomic E-state index is 13.2. The third-order valence-corrected chi connectivity index (χ3v) is 5.74. The summed E-state index contributed by atoms with van der Waals surface area (Å²) >= 11 is 5.98. The van der Waals surface area contributed by atoms with E-state index in [1.807, 2.05) is 30.3 Å². The topological polar surface area (TPSA) is 166 Å². The van der Waals surface area contributed by atoms with E-state index >= 15 is 0 Å². The average Bonchev–Trinajstić information content (AvgIpc) is 3.25. The standard InChI is InChI=1S/C21H31ClN6O4/c22-13-28(17(20(31)32)8-4-10-26-21(24)25)19(30)16-9-5-11-27(16)18(29)15(23)12-14-6-2-1-3-7-14/h1-3,6-7,15-17H,4-5,8-13,23H2,(H,31,32)(H4,24,25,26)/t15-,16+,17+/m1/s1. The third kappa shape index (κ3) is 6.83. The Bertz CT molecular complexity index is 809. The van der Waals surface area contributed by atoms with Crippen molar-refractivity contribution in [2.75, 3.05) is 19.1 Å². The summed E-state index contributed by atoms with van der Waals surface area (Å²) in [5, 5.41) is 19.4. The van der Waals surface area contributed by atoms with Crippen molar-refractivity contribution >= 4 is 35.3 Å². The molecule has 0 saturated carbocycles. The maximum atomic E-state index is 13.2. The maximum Gasteiger partial charge on any atom is 0.326 e. The van der Waals surface area contributed by atoms with E-state index in [9.17, 15) is 19.5 Å². The predicted octanol–water partition coefficient (Wildman–Crippen LogP) is 0.289. The summed E-state index contributed by atoms with van der Waals surface area (Å²) < 4.78 is 0. The van der Waals surface area contributed by atoms with E-state index in [4.69, 9.17) is 28.5 Å². The Morgan fingerprint density at radius 3 is 2.59 bits per heavy atom. The molecular formula is C21H31ClN6O4. The fourth-order valence-corrected chi connectivity index (χ4v) is 4.16. The van der Waals surface area contributed by atoms with Crippen LogP contribution in [0.1, 0.15) is 31.2 Å². The first-order valence-electron chi connectivity index (χ1n) is 10.5. The summed E-state index contributed by atoms with van der Waals surface area (Å²) in [6, 6.07) is 6.32. The van der Waals surface area contributed by atoms with Crippen molar-refractivity contribution in [2.24, 2.45) is 11.5 Å². The number of nitrogens with two attached hydrogens (primary N) is 2. The summed E-state index contributed by atoms with van der Waals surface area (Å²) in [6.07, 6.45) is 1.89. The van der Waals surface area contributed by atoms with E-state index in [0.29, 0.717) is 38.8 Å². The van der Waals surface area contributed by atoms with Crippen LogP contribution >= 0.6 is 11.6 Å². The highest BCUT2D eigenvalue weighted by Crippen LogP contribution is 2.23. The van der Waals surface area contributed by atoms with E-state index in [2.05, 4.69) is 5.32 Å². The number of guanidine groups is 1. The van der Waals surface area contributed by atoms with Gasteiger partial charge in [-0.15, -0.1) is 11.6 Å². The van der Waals surface area contributed by atoms with Gasteiger partial charge in [-0.2, -0.15) is 0 Å². The first-order chi connectivity index (χ1) is 15.3. The van der Waals surface area contributed by atoms with Gasteiger partial charge in [0.25, 0.3) is 0 Å². The largest absolute Gasteiger partial charge is 0.480 e. The molecule has 11 heteroatoms. The Morgan fingerprint density at radius 1 is 1.31 bits per heavy atom. The second kappa shape index (κ2) is 12.3. The van der Waals surface area contributed by atoms with Gasteiger partial charge >= 0.3 is 5.97 Å². The lowest BCUT2D eigenvalue weighted by molar-refractivity contribution is -0.153. The summed E-state index contributed by atoms with van der Waals surface area (Å²) in [5.74, 6) is -2.23. The molecule has 1 saturated heterocycles. The minimum absolute atomic E-state index is 0.127. The first-order valence-corrected chi connectivity index (χ1v) is 11.1. The Kier molecular flexibility index (Phi) is 9.73. The Hall–Kier alpha value is -2.85. The van der Waals surface area contributed by atoms with E-state index < -0.39 is 30.0 Å². The second-order valence-corrected chi connectivity index (χ2v) is 7.99. The van der Waals surface area contributed by atoms with Gasteiger partial charge in [-0.1, -0.05) is 30.3 Å². The Morgan fingerprint density at radius 2 is 2.00 bits per heavy atom. The van der Waals surface area contributed by atoms with Crippen molar-refractivity contribution in [1.29, 1.82) is 5.41 Å². The van der Waals surface area contributed by atoms with Crippen LogP contribution in [-0.4, -0.2) is 75.9 Å². The van der Waals surface area contributed by atoms with Crippen molar-refractivity contribution in [1.82, 2.24) is 15.1 Å². The van der Waals surface area contributed by atoms with Gasteiger partial charge in [0.2, 0.25) is 11.8 Å². The smallest absolute Gasteiger partial charge is 0.326 e. The molecule has 0 bridgehead atoms. The minimum atomic E-state index is -1.18. The molecule has 0 aromatic heterocycles. The number of benzene rings is 1. The number of nitrogens with zero attached hydrogens (tertiary/aromatic N) is 2. The SMILES string of the molecule is N=C(N)NCCC[C@@H](C(=O)O)N(CCl)C(=O)[C@@H]1CCCN1C(=O)[C@H](N)Cc1ccccc1. The number of hydrogen-bond acceptors (Lipinski definition) is 5. The zero-order valence-corrected chi connectivity index (χ0v) is 18.6. The van der Waals surface area contributed by atoms with Gasteiger partial charge in [-0.05, 0) is 37.7 Å². The van der Waals surface area contributed by atoms with Crippen molar-refractivity contribution in [3.63, 3.8) is 0 Å². The van der Waals surface area contributed by atoms with Gasteiger partial charge in [0.15, 0.2) is 5.96 Å². The van der Waals surface area contributed by atoms with E-state index in [1.165, 1.54) is 4.90 Å². The van der Waals surface area contributed by atoms with Crippen LogP contribution in [0, 0.1) is 5.41 Å². The highest BCUT2D eigenvalue weighted by molar-refractivity contribution is 6.19. The molecule has 1 aliphatic heterocycles. The molecule has 1 aromatic rings. The predicted molar refractivity (Wildman–Crippen MR) is 121 cm³/mol. The normalized spacial score (nSPS) is 17.4. The number of alkyl halides is 1. The number of aliphatic carboxylic acids is 1. The summed E-state index contributed by atoms with van der Waals surface area (Å²) in [4.78, 5) is 40.6. The minimum Gasteiger partial charge on any atom is -0.480 e. The quantitative estimate of drug-likeness (QED) is 0.103. The van der Waals surface area contributed by atoms with Gasteiger partial charge in [0, 0.05) is 13.1 Å². The lowest BCUT2D eigenvalue weighted by Crippen LogP contribution is -2.55. The molecule has 0 unspecified atom stereocenters. The van der Waals surface area contributed by atoms with Crippen LogP contribution in [0.4, 0.5) is 0 Å². The van der Waals surface area contributed by atoms with Gasteiger partial charge in [0.05, 0.1) is 12.0 Å². The molecule has 1 aliphatic rings. The highest BCUT2D eigenvalue weighted by Gasteiger charge is 2.41. The number of rotatable bonds is 11. The molecule has 1 heterocycles. The molecule has 0 aliphatic carbocycles. The zero-order valence-electron chi connectivity index (χ0n) is 17.9. The fourth-order valence-electron chi connectivity index (χ4n) is 3.87. The van der Waals surface area contributed by atoms with Gasteiger partial charge in [-0.3, -0.25) is 15.0 Å². The van der Waals surface area contributed by atoms with Crippen LogP contribution in [0.3, 0.4) is 0 Å². The number of likely N-dealkylation sites (tertiary alicyclic amines) is 1. The second-order valence-electron chi connectivity index (χ2n) is 7.75. The molecule has 7 N–H and O–H groups in total. The molecule has 0 radical (unpaired) electrons. The lowest BCUT2D eigenvalue weighted by atomic mass is 10.0. The molecule has 2 rings (SSSR count).